The molecule has 0 saturated carbocycles. The van der Waals surface area contributed by atoms with E-state index in [1.165, 1.54) is 19.1 Å². The summed E-state index contributed by atoms with van der Waals surface area (Å²) < 4.78 is 36.7. The van der Waals surface area contributed by atoms with Crippen molar-refractivity contribution in [1.82, 2.24) is 0 Å². The number of rotatable bonds is 1. The molecule has 76 valence electrons. The van der Waals surface area contributed by atoms with Crippen LogP contribution in [0, 0.1) is 0 Å². The first-order valence-corrected chi connectivity index (χ1v) is 3.81. The summed E-state index contributed by atoms with van der Waals surface area (Å²) in [5, 5.41) is 11.2. The van der Waals surface area contributed by atoms with Crippen molar-refractivity contribution in [3.05, 3.63) is 35.4 Å². The van der Waals surface area contributed by atoms with Crippen LogP contribution >= 0.6 is 0 Å². The Balaban J connectivity index is 3.14. The second kappa shape index (κ2) is 3.69. The first-order valence-electron chi connectivity index (χ1n) is 3.81. The quantitative estimate of drug-likeness (QED) is 0.425. The lowest BCUT2D eigenvalue weighted by Gasteiger charge is -2.07. The van der Waals surface area contributed by atoms with Gasteiger partial charge in [0.1, 0.15) is 0 Å². The lowest BCUT2D eigenvalue weighted by Crippen LogP contribution is -2.06. The summed E-state index contributed by atoms with van der Waals surface area (Å²) in [6.45, 7) is 1.43. The fraction of sp³-hybridized carbons (Fsp3) is 0.222. The highest BCUT2D eigenvalue weighted by Crippen LogP contribution is 2.29. The molecule has 0 radical (unpaired) electrons. The van der Waals surface area contributed by atoms with E-state index >= 15 is 0 Å². The molecule has 0 heterocycles. The third-order valence-electron chi connectivity index (χ3n) is 1.76. The first kappa shape index (κ1) is 10.6. The van der Waals surface area contributed by atoms with E-state index in [0.29, 0.717) is 0 Å². The molecule has 0 unspecified atom stereocenters. The van der Waals surface area contributed by atoms with Gasteiger partial charge in [-0.2, -0.15) is 13.2 Å². The normalized spacial score (nSPS) is 13.0. The van der Waals surface area contributed by atoms with Crippen LogP contribution in [0.2, 0.25) is 0 Å². The topological polar surface area (TPSA) is 32.6 Å². The average Bonchev–Trinajstić information content (AvgIpc) is 2.15. The smallest absolute Gasteiger partial charge is 0.411 e. The predicted octanol–water partition coefficient (Wildman–Crippen LogP) is 2.90. The van der Waals surface area contributed by atoms with E-state index in [4.69, 9.17) is 5.21 Å². The van der Waals surface area contributed by atoms with Gasteiger partial charge in [-0.15, -0.1) is 0 Å². The van der Waals surface area contributed by atoms with Crippen molar-refractivity contribution in [1.29, 1.82) is 0 Å². The molecule has 0 spiro atoms. The van der Waals surface area contributed by atoms with Gasteiger partial charge in [0.25, 0.3) is 0 Å². The first-order chi connectivity index (χ1) is 6.45. The molecule has 1 aromatic carbocycles. The molecule has 1 rings (SSSR count). The molecule has 0 fully saturated rings. The van der Waals surface area contributed by atoms with Crippen molar-refractivity contribution < 1.29 is 18.4 Å². The molecular formula is C9H8F3NO. The number of hydrogen-bond acceptors (Lipinski definition) is 2. The molecular weight excluding hydrogens is 195 g/mol. The Kier molecular flexibility index (Phi) is 2.78. The number of halogens is 3. The second-order valence-electron chi connectivity index (χ2n) is 2.76. The number of hydrogen-bond donors (Lipinski definition) is 1. The van der Waals surface area contributed by atoms with Crippen molar-refractivity contribution in [2.45, 2.75) is 13.1 Å². The molecule has 0 amide bonds. The van der Waals surface area contributed by atoms with E-state index in [1.54, 1.807) is 0 Å². The van der Waals surface area contributed by atoms with Gasteiger partial charge < -0.3 is 5.21 Å². The van der Waals surface area contributed by atoms with Crippen LogP contribution in [0.3, 0.4) is 0 Å². The van der Waals surface area contributed by atoms with Gasteiger partial charge in [0.15, 0.2) is 0 Å². The Hall–Kier alpha value is -1.52. The zero-order chi connectivity index (χ0) is 10.8. The van der Waals surface area contributed by atoms with Crippen LogP contribution in [-0.4, -0.2) is 10.9 Å². The van der Waals surface area contributed by atoms with E-state index in [1.807, 2.05) is 0 Å². The van der Waals surface area contributed by atoms with Crippen molar-refractivity contribution in [2.75, 3.05) is 0 Å². The van der Waals surface area contributed by atoms with E-state index in [0.717, 1.165) is 12.1 Å². The Bertz CT molecular complexity index is 357. The summed E-state index contributed by atoms with van der Waals surface area (Å²) in [5.74, 6) is 0. The van der Waals surface area contributed by atoms with E-state index in [2.05, 4.69) is 5.16 Å². The summed E-state index contributed by atoms with van der Waals surface area (Å²) >= 11 is 0. The Morgan fingerprint density at radius 3 is 2.50 bits per heavy atom. The Labute approximate surface area is 78.7 Å². The fourth-order valence-electron chi connectivity index (χ4n) is 0.978. The van der Waals surface area contributed by atoms with Gasteiger partial charge in [0.2, 0.25) is 0 Å². The third kappa shape index (κ3) is 2.25. The highest BCUT2D eigenvalue weighted by molar-refractivity contribution is 5.98. The van der Waals surface area contributed by atoms with Crippen molar-refractivity contribution >= 4 is 5.71 Å². The Morgan fingerprint density at radius 2 is 2.00 bits per heavy atom. The zero-order valence-electron chi connectivity index (χ0n) is 7.34. The number of benzene rings is 1. The molecule has 0 saturated heterocycles. The Morgan fingerprint density at radius 1 is 1.36 bits per heavy atom. The van der Waals surface area contributed by atoms with Crippen LogP contribution in [0.15, 0.2) is 29.4 Å². The van der Waals surface area contributed by atoms with Crippen LogP contribution in [-0.2, 0) is 6.18 Å². The molecule has 0 aliphatic rings. The highest BCUT2D eigenvalue weighted by Gasteiger charge is 2.30. The molecule has 14 heavy (non-hydrogen) atoms. The molecule has 0 aromatic heterocycles. The molecule has 1 N–H and O–H groups in total. The lowest BCUT2D eigenvalue weighted by atomic mass is 10.1. The minimum absolute atomic E-state index is 0.149. The molecule has 0 aliphatic carbocycles. The van der Waals surface area contributed by atoms with Crippen LogP contribution in [0.25, 0.3) is 0 Å². The van der Waals surface area contributed by atoms with Gasteiger partial charge in [-0.1, -0.05) is 17.3 Å². The van der Waals surface area contributed by atoms with Crippen LogP contribution in [0.4, 0.5) is 13.2 Å². The van der Waals surface area contributed by atoms with E-state index in [-0.39, 0.29) is 11.3 Å². The lowest BCUT2D eigenvalue weighted by molar-refractivity contribution is -0.137. The van der Waals surface area contributed by atoms with Crippen molar-refractivity contribution in [3.63, 3.8) is 0 Å². The SMILES string of the molecule is C/C(=N\O)c1cccc(C(F)(F)F)c1. The zero-order valence-corrected chi connectivity index (χ0v) is 7.34. The monoisotopic (exact) mass is 203 g/mol. The van der Waals surface area contributed by atoms with Gasteiger partial charge in [0, 0.05) is 0 Å². The average molecular weight is 203 g/mol. The van der Waals surface area contributed by atoms with Gasteiger partial charge in [0.05, 0.1) is 11.3 Å². The third-order valence-corrected chi connectivity index (χ3v) is 1.76. The van der Waals surface area contributed by atoms with Gasteiger partial charge in [-0.05, 0) is 24.6 Å². The molecule has 5 heteroatoms. The van der Waals surface area contributed by atoms with Crippen LogP contribution < -0.4 is 0 Å². The number of oxime groups is 1. The van der Waals surface area contributed by atoms with Crippen LogP contribution in [0.1, 0.15) is 18.1 Å². The minimum Gasteiger partial charge on any atom is -0.411 e. The maximum absolute atomic E-state index is 12.2. The predicted molar refractivity (Wildman–Crippen MR) is 45.4 cm³/mol. The minimum atomic E-state index is -4.37. The largest absolute Gasteiger partial charge is 0.416 e. The van der Waals surface area contributed by atoms with Crippen molar-refractivity contribution in [2.24, 2.45) is 5.16 Å². The molecule has 0 bridgehead atoms. The maximum Gasteiger partial charge on any atom is 0.416 e. The standard InChI is InChI=1S/C9H8F3NO/c1-6(13-14)7-3-2-4-8(5-7)9(10,11)12/h2-5,14H,1H3/b13-6+. The summed E-state index contributed by atoms with van der Waals surface area (Å²) in [6, 6.07) is 4.63. The molecule has 1 aromatic rings. The summed E-state index contributed by atoms with van der Waals surface area (Å²) in [4.78, 5) is 0. The van der Waals surface area contributed by atoms with Crippen molar-refractivity contribution in [3.8, 4) is 0 Å². The van der Waals surface area contributed by atoms with Gasteiger partial charge in [-0.25, -0.2) is 0 Å². The summed E-state index contributed by atoms with van der Waals surface area (Å²) in [5.41, 5.74) is -0.351. The number of nitrogens with zero attached hydrogens (tertiary/aromatic N) is 1. The highest BCUT2D eigenvalue weighted by atomic mass is 19.4. The molecule has 0 aliphatic heterocycles. The van der Waals surface area contributed by atoms with Crippen LogP contribution in [0.5, 0.6) is 0 Å². The maximum atomic E-state index is 12.2. The molecule has 0 atom stereocenters. The van der Waals surface area contributed by atoms with Gasteiger partial charge >= 0.3 is 6.18 Å². The fourth-order valence-corrected chi connectivity index (χ4v) is 0.978. The number of alkyl halides is 3. The summed E-state index contributed by atoms with van der Waals surface area (Å²) in [6.07, 6.45) is -4.37. The molecule has 2 nitrogen and oxygen atoms in total. The van der Waals surface area contributed by atoms with E-state index < -0.39 is 11.7 Å². The van der Waals surface area contributed by atoms with E-state index in [9.17, 15) is 13.2 Å². The summed E-state index contributed by atoms with van der Waals surface area (Å²) in [7, 11) is 0. The van der Waals surface area contributed by atoms with Gasteiger partial charge in [-0.3, -0.25) is 0 Å². The second-order valence-corrected chi connectivity index (χ2v) is 2.76.